The van der Waals surface area contributed by atoms with E-state index in [0.29, 0.717) is 16.6 Å². The van der Waals surface area contributed by atoms with E-state index in [9.17, 15) is 9.59 Å². The molecule has 0 aliphatic heterocycles. The molecule has 0 aliphatic carbocycles. The summed E-state index contributed by atoms with van der Waals surface area (Å²) >= 11 is 1.70. The highest BCUT2D eigenvalue weighted by molar-refractivity contribution is 8.00. The predicted molar refractivity (Wildman–Crippen MR) is 111 cm³/mol. The Morgan fingerprint density at radius 1 is 1.17 bits per heavy atom. The van der Waals surface area contributed by atoms with Crippen LogP contribution in [0.25, 0.3) is 0 Å². The van der Waals surface area contributed by atoms with E-state index in [-0.39, 0.29) is 17.0 Å². The molecule has 130 valence electrons. The fourth-order valence-electron chi connectivity index (χ4n) is 2.54. The molecule has 0 saturated heterocycles. The van der Waals surface area contributed by atoms with Gasteiger partial charge in [0.15, 0.2) is 5.78 Å². The van der Waals surface area contributed by atoms with Crippen LogP contribution in [-0.2, 0) is 4.79 Å². The second-order valence-electron chi connectivity index (χ2n) is 6.47. The first-order valence-corrected chi connectivity index (χ1v) is 10.0. The van der Waals surface area contributed by atoms with Crippen LogP contribution in [0.3, 0.4) is 0 Å². The van der Waals surface area contributed by atoms with Gasteiger partial charge in [-0.1, -0.05) is 33.5 Å². The Hall–Kier alpha value is -1.16. The third-order valence-electron chi connectivity index (χ3n) is 4.90. The zero-order valence-corrected chi connectivity index (χ0v) is 16.5. The van der Waals surface area contributed by atoms with Gasteiger partial charge < -0.3 is 5.32 Å². The first kappa shape index (κ1) is 20.9. The normalized spacial score (nSPS) is 13.5. The van der Waals surface area contributed by atoms with Gasteiger partial charge in [-0.15, -0.1) is 11.8 Å². The van der Waals surface area contributed by atoms with E-state index < -0.39 is 0 Å². The summed E-state index contributed by atoms with van der Waals surface area (Å²) in [5.41, 5.74) is 1.46. The first-order chi connectivity index (χ1) is 11.4. The summed E-state index contributed by atoms with van der Waals surface area (Å²) < 4.78 is 0. The van der Waals surface area contributed by atoms with Gasteiger partial charge in [0.05, 0.1) is 5.75 Å². The van der Waals surface area contributed by atoms with Gasteiger partial charge in [0.2, 0.25) is 5.91 Å². The summed E-state index contributed by atoms with van der Waals surface area (Å²) in [5, 5.41) is 3.14. The van der Waals surface area contributed by atoms with Crippen LogP contribution in [0.2, 0.25) is 11.6 Å². The Balaban J connectivity index is 2.65. The third-order valence-corrected chi connectivity index (χ3v) is 6.47. The number of carbonyl (C=O) groups is 2. The van der Waals surface area contributed by atoms with E-state index in [1.54, 1.807) is 11.8 Å². The molecule has 1 atom stereocenters. The Morgan fingerprint density at radius 2 is 1.75 bits per heavy atom. The first-order valence-electron chi connectivity index (χ1n) is 8.96. The van der Waals surface area contributed by atoms with Crippen molar-refractivity contribution in [1.82, 2.24) is 0 Å². The van der Waals surface area contributed by atoms with Crippen molar-refractivity contribution in [2.75, 3.05) is 11.1 Å². The summed E-state index contributed by atoms with van der Waals surface area (Å²) in [7, 11) is 4.06. The lowest BCUT2D eigenvalue weighted by molar-refractivity contribution is -0.113. The summed E-state index contributed by atoms with van der Waals surface area (Å²) in [4.78, 5) is 24.6. The predicted octanol–water partition coefficient (Wildman–Crippen LogP) is 2.98. The Morgan fingerprint density at radius 3 is 2.21 bits per heavy atom. The highest BCUT2D eigenvalue weighted by atomic mass is 32.2. The topological polar surface area (TPSA) is 46.2 Å². The average Bonchev–Trinajstić information content (AvgIpc) is 2.62. The number of thioether (sulfide) groups is 1. The zero-order valence-electron chi connectivity index (χ0n) is 15.6. The summed E-state index contributed by atoms with van der Waals surface area (Å²) in [5.74, 6) is 0.657. The lowest BCUT2D eigenvalue weighted by Crippen LogP contribution is -2.23. The van der Waals surface area contributed by atoms with Gasteiger partial charge in [-0.25, -0.2) is 0 Å². The SMILES string of the molecule is BCC(B)(CC)C(=O)c1ccc(NC(=O)CSC(CC)CC)cc1. The molecule has 6 heteroatoms. The quantitative estimate of drug-likeness (QED) is 0.524. The molecular formula is C18H29B2NO2S. The highest BCUT2D eigenvalue weighted by Crippen LogP contribution is 2.34. The number of anilines is 1. The maximum absolute atomic E-state index is 12.6. The number of Topliss-reactive ketones (excluding diaryl/α,β-unsaturated/α-hetero) is 1. The van der Waals surface area contributed by atoms with E-state index in [1.165, 1.54) is 0 Å². The second-order valence-corrected chi connectivity index (χ2v) is 7.76. The van der Waals surface area contributed by atoms with Crippen LogP contribution in [0.4, 0.5) is 5.69 Å². The van der Waals surface area contributed by atoms with Crippen molar-refractivity contribution in [2.24, 2.45) is 0 Å². The molecule has 0 heterocycles. The van der Waals surface area contributed by atoms with Gasteiger partial charge >= 0.3 is 0 Å². The lowest BCUT2D eigenvalue weighted by Gasteiger charge is -2.25. The molecule has 0 bridgehead atoms. The molecule has 0 radical (unpaired) electrons. The molecule has 0 spiro atoms. The second kappa shape index (κ2) is 9.97. The fourth-order valence-corrected chi connectivity index (χ4v) is 3.47. The van der Waals surface area contributed by atoms with Gasteiger partial charge in [-0.05, 0) is 42.4 Å². The van der Waals surface area contributed by atoms with Crippen LogP contribution in [-0.4, -0.2) is 38.4 Å². The van der Waals surface area contributed by atoms with Crippen molar-refractivity contribution in [3.8, 4) is 0 Å². The van der Waals surface area contributed by atoms with Crippen molar-refractivity contribution in [3.05, 3.63) is 29.8 Å². The molecule has 3 nitrogen and oxygen atoms in total. The molecule has 0 fully saturated rings. The van der Waals surface area contributed by atoms with Gasteiger partial charge in [0.25, 0.3) is 0 Å². The Bertz CT molecular complexity index is 540. The summed E-state index contributed by atoms with van der Waals surface area (Å²) in [6.45, 7) is 6.35. The smallest absolute Gasteiger partial charge is 0.234 e. The number of carbonyl (C=O) groups excluding carboxylic acids is 2. The zero-order chi connectivity index (χ0) is 18.2. The number of rotatable bonds is 10. The lowest BCUT2D eigenvalue weighted by atomic mass is 9.56. The minimum Gasteiger partial charge on any atom is -0.325 e. The maximum atomic E-state index is 12.6. The maximum Gasteiger partial charge on any atom is 0.234 e. The van der Waals surface area contributed by atoms with E-state index in [1.807, 2.05) is 46.9 Å². The monoisotopic (exact) mass is 345 g/mol. The van der Waals surface area contributed by atoms with Crippen molar-refractivity contribution < 1.29 is 9.59 Å². The molecule has 1 aromatic rings. The number of amides is 1. The molecule has 1 unspecified atom stereocenters. The van der Waals surface area contributed by atoms with E-state index >= 15 is 0 Å². The van der Waals surface area contributed by atoms with Crippen molar-refractivity contribution >= 4 is 44.8 Å². The fraction of sp³-hybridized carbons (Fsp3) is 0.556. The number of ketones is 1. The molecule has 24 heavy (non-hydrogen) atoms. The molecule has 0 aliphatic rings. The molecule has 1 rings (SSSR count). The van der Waals surface area contributed by atoms with Crippen LogP contribution in [0, 0.1) is 0 Å². The highest BCUT2D eigenvalue weighted by Gasteiger charge is 2.29. The van der Waals surface area contributed by atoms with Gasteiger partial charge in [-0.2, -0.15) is 0 Å². The van der Waals surface area contributed by atoms with Crippen LogP contribution >= 0.6 is 11.8 Å². The Labute approximate surface area is 152 Å². The number of nitrogens with one attached hydrogen (secondary N) is 1. The molecule has 0 saturated carbocycles. The van der Waals surface area contributed by atoms with Crippen molar-refractivity contribution in [3.63, 3.8) is 0 Å². The molecular weight excluding hydrogens is 316 g/mol. The number of hydrogen-bond donors (Lipinski definition) is 1. The third kappa shape index (κ3) is 5.73. The number of hydrogen-bond acceptors (Lipinski definition) is 3. The van der Waals surface area contributed by atoms with Gasteiger partial charge in [-0.3, -0.25) is 9.59 Å². The summed E-state index contributed by atoms with van der Waals surface area (Å²) in [6.07, 6.45) is 3.82. The molecule has 0 aromatic heterocycles. The number of benzene rings is 1. The minimum absolute atomic E-state index is 0.0120. The van der Waals surface area contributed by atoms with Crippen LogP contribution in [0.15, 0.2) is 24.3 Å². The standard InChI is InChI=1S/C18H29B2NO2S/c1-4-15(5-2)24-11-16(22)21-14-9-7-13(8-10-14)17(23)18(20,6-3)12-19/h7-10,15H,4-6,11-12,19-20H2,1-3H3,(H,21,22). The van der Waals surface area contributed by atoms with Crippen LogP contribution in [0.5, 0.6) is 0 Å². The van der Waals surface area contributed by atoms with E-state index in [0.717, 1.165) is 31.3 Å². The van der Waals surface area contributed by atoms with Crippen molar-refractivity contribution in [2.45, 2.75) is 56.9 Å². The Kier molecular flexibility index (Phi) is 8.68. The van der Waals surface area contributed by atoms with E-state index in [2.05, 4.69) is 19.2 Å². The summed E-state index contributed by atoms with van der Waals surface area (Å²) in [6, 6.07) is 7.27. The average molecular weight is 345 g/mol. The van der Waals surface area contributed by atoms with Crippen LogP contribution < -0.4 is 5.32 Å². The largest absolute Gasteiger partial charge is 0.325 e. The molecule has 1 aromatic carbocycles. The molecule has 1 N–H and O–H groups in total. The van der Waals surface area contributed by atoms with Gasteiger partial charge in [0, 0.05) is 16.5 Å². The van der Waals surface area contributed by atoms with Crippen molar-refractivity contribution in [1.29, 1.82) is 0 Å². The van der Waals surface area contributed by atoms with E-state index in [4.69, 9.17) is 0 Å². The molecule has 1 amide bonds. The van der Waals surface area contributed by atoms with Gasteiger partial charge in [0.1, 0.15) is 15.7 Å². The minimum atomic E-state index is -0.309. The van der Waals surface area contributed by atoms with Crippen LogP contribution in [0.1, 0.15) is 50.4 Å².